The van der Waals surface area contributed by atoms with Gasteiger partial charge < -0.3 is 9.84 Å². The zero-order chi connectivity index (χ0) is 7.40. The lowest BCUT2D eigenvalue weighted by atomic mass is 9.83. The molecule has 0 aromatic rings. The van der Waals surface area contributed by atoms with Crippen molar-refractivity contribution in [2.75, 3.05) is 13.2 Å². The van der Waals surface area contributed by atoms with Gasteiger partial charge in [0, 0.05) is 13.2 Å². The largest absolute Gasteiger partial charge is 0.396 e. The Morgan fingerprint density at radius 3 is 2.70 bits per heavy atom. The molecule has 0 saturated heterocycles. The Morgan fingerprint density at radius 1 is 1.50 bits per heavy atom. The van der Waals surface area contributed by atoms with Crippen LogP contribution in [0.4, 0.5) is 0 Å². The molecule has 2 nitrogen and oxygen atoms in total. The van der Waals surface area contributed by atoms with Crippen LogP contribution >= 0.6 is 0 Å². The van der Waals surface area contributed by atoms with Crippen molar-refractivity contribution in [3.05, 3.63) is 0 Å². The molecule has 0 aliphatic heterocycles. The smallest absolute Gasteiger partial charge is 0.0582 e. The van der Waals surface area contributed by atoms with E-state index in [-0.39, 0.29) is 0 Å². The van der Waals surface area contributed by atoms with Crippen LogP contribution in [-0.2, 0) is 4.74 Å². The van der Waals surface area contributed by atoms with Crippen molar-refractivity contribution in [1.82, 2.24) is 0 Å². The van der Waals surface area contributed by atoms with E-state index in [1.165, 1.54) is 0 Å². The van der Waals surface area contributed by atoms with Crippen LogP contribution in [0, 0.1) is 5.92 Å². The molecule has 0 amide bonds. The molecule has 1 N–H and O–H groups in total. The first-order valence-corrected chi connectivity index (χ1v) is 4.09. The molecule has 1 fully saturated rings. The van der Waals surface area contributed by atoms with Crippen molar-refractivity contribution < 1.29 is 9.84 Å². The molecule has 1 aliphatic carbocycles. The van der Waals surface area contributed by atoms with Crippen LogP contribution < -0.4 is 0 Å². The standard InChI is InChI=1S/C8H16O2/c1-2-3-10-8-4-7(5-8)6-9/h7-9H,2-6H2,1H3. The fraction of sp³-hybridized carbons (Fsp3) is 1.00. The van der Waals surface area contributed by atoms with E-state index in [2.05, 4.69) is 6.92 Å². The van der Waals surface area contributed by atoms with E-state index >= 15 is 0 Å². The number of aliphatic hydroxyl groups excluding tert-OH is 1. The number of ether oxygens (including phenoxy) is 1. The molecule has 0 aromatic heterocycles. The van der Waals surface area contributed by atoms with Crippen molar-refractivity contribution in [1.29, 1.82) is 0 Å². The van der Waals surface area contributed by atoms with Crippen molar-refractivity contribution >= 4 is 0 Å². The summed E-state index contributed by atoms with van der Waals surface area (Å²) in [4.78, 5) is 0. The summed E-state index contributed by atoms with van der Waals surface area (Å²) in [6.45, 7) is 3.33. The highest BCUT2D eigenvalue weighted by Crippen LogP contribution is 2.29. The lowest BCUT2D eigenvalue weighted by Crippen LogP contribution is -2.33. The second-order valence-corrected chi connectivity index (χ2v) is 3.01. The van der Waals surface area contributed by atoms with Gasteiger partial charge in [0.15, 0.2) is 0 Å². The van der Waals surface area contributed by atoms with Crippen molar-refractivity contribution in [3.63, 3.8) is 0 Å². The SMILES string of the molecule is CCCOC1CC(CO)C1. The summed E-state index contributed by atoms with van der Waals surface area (Å²) in [5, 5.41) is 8.67. The summed E-state index contributed by atoms with van der Waals surface area (Å²) in [7, 11) is 0. The Kier molecular flexibility index (Phi) is 3.16. The summed E-state index contributed by atoms with van der Waals surface area (Å²) in [6, 6.07) is 0. The molecule has 0 unspecified atom stereocenters. The molecule has 0 aromatic carbocycles. The van der Waals surface area contributed by atoms with Crippen LogP contribution in [0.25, 0.3) is 0 Å². The molecule has 1 rings (SSSR count). The van der Waals surface area contributed by atoms with Gasteiger partial charge in [-0.3, -0.25) is 0 Å². The highest BCUT2D eigenvalue weighted by molar-refractivity contribution is 4.79. The van der Waals surface area contributed by atoms with E-state index in [1.807, 2.05) is 0 Å². The molecule has 1 saturated carbocycles. The van der Waals surface area contributed by atoms with Gasteiger partial charge in [-0.25, -0.2) is 0 Å². The zero-order valence-corrected chi connectivity index (χ0v) is 6.55. The van der Waals surface area contributed by atoms with E-state index in [0.29, 0.717) is 18.6 Å². The minimum absolute atomic E-state index is 0.339. The maximum atomic E-state index is 8.67. The van der Waals surface area contributed by atoms with Gasteiger partial charge in [-0.2, -0.15) is 0 Å². The van der Waals surface area contributed by atoms with Crippen molar-refractivity contribution in [2.45, 2.75) is 32.3 Å². The predicted octanol–water partition coefficient (Wildman–Crippen LogP) is 1.18. The monoisotopic (exact) mass is 144 g/mol. The molecule has 0 atom stereocenters. The van der Waals surface area contributed by atoms with E-state index in [9.17, 15) is 0 Å². The summed E-state index contributed by atoms with van der Waals surface area (Å²) in [6.07, 6.45) is 3.69. The van der Waals surface area contributed by atoms with Gasteiger partial charge >= 0.3 is 0 Å². The number of hydrogen-bond donors (Lipinski definition) is 1. The predicted molar refractivity (Wildman–Crippen MR) is 39.8 cm³/mol. The van der Waals surface area contributed by atoms with Gasteiger partial charge in [-0.1, -0.05) is 6.92 Å². The Morgan fingerprint density at radius 2 is 2.20 bits per heavy atom. The third kappa shape index (κ3) is 1.96. The van der Waals surface area contributed by atoms with E-state index in [1.54, 1.807) is 0 Å². The van der Waals surface area contributed by atoms with E-state index in [0.717, 1.165) is 25.9 Å². The average Bonchev–Trinajstić information content (AvgIpc) is 1.86. The summed E-state index contributed by atoms with van der Waals surface area (Å²) < 4.78 is 5.45. The normalized spacial score (nSPS) is 31.8. The van der Waals surface area contributed by atoms with Gasteiger partial charge in [0.05, 0.1) is 6.10 Å². The fourth-order valence-electron chi connectivity index (χ4n) is 1.24. The molecular formula is C8H16O2. The first-order chi connectivity index (χ1) is 4.86. The second-order valence-electron chi connectivity index (χ2n) is 3.01. The van der Waals surface area contributed by atoms with Crippen LogP contribution in [0.3, 0.4) is 0 Å². The van der Waals surface area contributed by atoms with Crippen LogP contribution in [0.15, 0.2) is 0 Å². The lowest BCUT2D eigenvalue weighted by molar-refractivity contribution is -0.0443. The third-order valence-electron chi connectivity index (χ3n) is 2.01. The first kappa shape index (κ1) is 8.02. The van der Waals surface area contributed by atoms with Crippen LogP contribution in [0.1, 0.15) is 26.2 Å². The maximum absolute atomic E-state index is 8.67. The number of hydrogen-bond acceptors (Lipinski definition) is 2. The summed E-state index contributed by atoms with van der Waals surface area (Å²) >= 11 is 0. The molecule has 0 radical (unpaired) electrons. The minimum atomic E-state index is 0.339. The average molecular weight is 144 g/mol. The van der Waals surface area contributed by atoms with E-state index < -0.39 is 0 Å². The van der Waals surface area contributed by atoms with Gasteiger partial charge in [-0.05, 0) is 25.2 Å². The topological polar surface area (TPSA) is 29.5 Å². The van der Waals surface area contributed by atoms with Crippen LogP contribution in [-0.4, -0.2) is 24.4 Å². The Hall–Kier alpha value is -0.0800. The fourth-order valence-corrected chi connectivity index (χ4v) is 1.24. The third-order valence-corrected chi connectivity index (χ3v) is 2.01. The number of aliphatic hydroxyl groups is 1. The van der Waals surface area contributed by atoms with Gasteiger partial charge in [0.1, 0.15) is 0 Å². The van der Waals surface area contributed by atoms with Gasteiger partial charge in [-0.15, -0.1) is 0 Å². The van der Waals surface area contributed by atoms with Gasteiger partial charge in [0.25, 0.3) is 0 Å². The molecule has 1 aliphatic rings. The van der Waals surface area contributed by atoms with Gasteiger partial charge in [0.2, 0.25) is 0 Å². The highest BCUT2D eigenvalue weighted by atomic mass is 16.5. The lowest BCUT2D eigenvalue weighted by Gasteiger charge is -2.33. The molecule has 0 heterocycles. The molecule has 0 spiro atoms. The van der Waals surface area contributed by atoms with E-state index in [4.69, 9.17) is 9.84 Å². The maximum Gasteiger partial charge on any atom is 0.0582 e. The molecule has 60 valence electrons. The minimum Gasteiger partial charge on any atom is -0.396 e. The summed E-state index contributed by atoms with van der Waals surface area (Å²) in [5.41, 5.74) is 0. The Labute approximate surface area is 62.2 Å². The molecule has 0 bridgehead atoms. The van der Waals surface area contributed by atoms with Crippen molar-refractivity contribution in [2.24, 2.45) is 5.92 Å². The second kappa shape index (κ2) is 3.94. The Balaban J connectivity index is 1.93. The first-order valence-electron chi connectivity index (χ1n) is 4.09. The van der Waals surface area contributed by atoms with Crippen LogP contribution in [0.2, 0.25) is 0 Å². The molecule has 10 heavy (non-hydrogen) atoms. The highest BCUT2D eigenvalue weighted by Gasteiger charge is 2.28. The van der Waals surface area contributed by atoms with Crippen LogP contribution in [0.5, 0.6) is 0 Å². The molecule has 2 heteroatoms. The number of rotatable bonds is 4. The quantitative estimate of drug-likeness (QED) is 0.642. The summed E-state index contributed by atoms with van der Waals surface area (Å²) in [5.74, 6) is 0.529. The Bertz CT molecular complexity index is 84.5. The zero-order valence-electron chi connectivity index (χ0n) is 6.55. The van der Waals surface area contributed by atoms with Crippen molar-refractivity contribution in [3.8, 4) is 0 Å². The molecular weight excluding hydrogens is 128 g/mol.